The largest absolute Gasteiger partial charge is 0.0979 e. The molecule has 0 N–H and O–H groups in total. The maximum Gasteiger partial charge on any atom is 0.0387 e. The normalized spacial score (nSPS) is 9.08. The lowest BCUT2D eigenvalue weighted by Gasteiger charge is -1.92. The smallest absolute Gasteiger partial charge is 0.0387 e. The van der Waals surface area contributed by atoms with Crippen molar-refractivity contribution in [2.75, 3.05) is 0 Å². The minimum Gasteiger partial charge on any atom is -0.0979 e. The predicted octanol–water partition coefficient (Wildman–Crippen LogP) is 3.99. The summed E-state index contributed by atoms with van der Waals surface area (Å²) in [6.07, 6.45) is 3.40. The lowest BCUT2D eigenvalue weighted by molar-refractivity contribution is 0.828. The topological polar surface area (TPSA) is 0 Å². The predicted molar refractivity (Wildman–Crippen MR) is 60.5 cm³/mol. The SMILES string of the molecule is CCCCC#Cc1ccccc1Br. The maximum atomic E-state index is 3.46. The Balaban J connectivity index is 2.61. The van der Waals surface area contributed by atoms with Crippen molar-refractivity contribution in [2.24, 2.45) is 0 Å². The van der Waals surface area contributed by atoms with Crippen molar-refractivity contribution in [2.45, 2.75) is 26.2 Å². The van der Waals surface area contributed by atoms with Gasteiger partial charge in [-0.25, -0.2) is 0 Å². The Kier molecular flexibility index (Phi) is 4.64. The first-order chi connectivity index (χ1) is 6.34. The summed E-state index contributed by atoms with van der Waals surface area (Å²) < 4.78 is 1.08. The molecular weight excluding hydrogens is 224 g/mol. The van der Waals surface area contributed by atoms with Crippen molar-refractivity contribution in [1.29, 1.82) is 0 Å². The molecule has 0 aliphatic carbocycles. The summed E-state index contributed by atoms with van der Waals surface area (Å²) in [6, 6.07) is 8.06. The minimum absolute atomic E-state index is 0.998. The second-order valence-electron chi connectivity index (χ2n) is 2.89. The zero-order chi connectivity index (χ0) is 9.52. The highest BCUT2D eigenvalue weighted by Crippen LogP contribution is 2.14. The van der Waals surface area contributed by atoms with Gasteiger partial charge in [-0.15, -0.1) is 0 Å². The highest BCUT2D eigenvalue weighted by atomic mass is 79.9. The van der Waals surface area contributed by atoms with E-state index in [1.807, 2.05) is 24.3 Å². The summed E-state index contributed by atoms with van der Waals surface area (Å²) in [7, 11) is 0. The van der Waals surface area contributed by atoms with E-state index in [-0.39, 0.29) is 0 Å². The number of unbranched alkanes of at least 4 members (excludes halogenated alkanes) is 2. The molecule has 1 aromatic carbocycles. The summed E-state index contributed by atoms with van der Waals surface area (Å²) >= 11 is 3.46. The third-order valence-electron chi connectivity index (χ3n) is 1.75. The van der Waals surface area contributed by atoms with Gasteiger partial charge in [0.25, 0.3) is 0 Å². The van der Waals surface area contributed by atoms with Crippen LogP contribution in [-0.2, 0) is 0 Å². The van der Waals surface area contributed by atoms with Crippen LogP contribution in [0.4, 0.5) is 0 Å². The summed E-state index contributed by atoms with van der Waals surface area (Å²) in [4.78, 5) is 0. The van der Waals surface area contributed by atoms with E-state index in [4.69, 9.17) is 0 Å². The van der Waals surface area contributed by atoms with Crippen LogP contribution in [0.2, 0.25) is 0 Å². The molecule has 0 saturated heterocycles. The van der Waals surface area contributed by atoms with Gasteiger partial charge in [-0.05, 0) is 34.5 Å². The van der Waals surface area contributed by atoms with E-state index < -0.39 is 0 Å². The van der Waals surface area contributed by atoms with E-state index in [1.165, 1.54) is 12.8 Å². The lowest BCUT2D eigenvalue weighted by Crippen LogP contribution is -1.75. The van der Waals surface area contributed by atoms with Gasteiger partial charge in [-0.1, -0.05) is 37.3 Å². The van der Waals surface area contributed by atoms with Gasteiger partial charge in [0.1, 0.15) is 0 Å². The molecule has 0 saturated carbocycles. The average Bonchev–Trinajstić information content (AvgIpc) is 2.15. The van der Waals surface area contributed by atoms with E-state index in [1.54, 1.807) is 0 Å². The van der Waals surface area contributed by atoms with Gasteiger partial charge in [-0.3, -0.25) is 0 Å². The Morgan fingerprint density at radius 1 is 1.31 bits per heavy atom. The molecule has 0 unspecified atom stereocenters. The quantitative estimate of drug-likeness (QED) is 0.539. The second-order valence-corrected chi connectivity index (χ2v) is 3.74. The summed E-state index contributed by atoms with van der Waals surface area (Å²) in [5, 5.41) is 0. The Morgan fingerprint density at radius 3 is 2.77 bits per heavy atom. The van der Waals surface area contributed by atoms with E-state index in [0.717, 1.165) is 16.5 Å². The molecule has 0 amide bonds. The van der Waals surface area contributed by atoms with E-state index >= 15 is 0 Å². The van der Waals surface area contributed by atoms with Gasteiger partial charge < -0.3 is 0 Å². The van der Waals surface area contributed by atoms with Gasteiger partial charge >= 0.3 is 0 Å². The van der Waals surface area contributed by atoms with Crippen LogP contribution in [0.25, 0.3) is 0 Å². The minimum atomic E-state index is 0.998. The summed E-state index contributed by atoms with van der Waals surface area (Å²) in [6.45, 7) is 2.18. The molecule has 0 bridgehead atoms. The van der Waals surface area contributed by atoms with Gasteiger partial charge in [0, 0.05) is 16.5 Å². The molecule has 0 atom stereocenters. The van der Waals surface area contributed by atoms with Gasteiger partial charge in [0.15, 0.2) is 0 Å². The Labute approximate surface area is 88.5 Å². The zero-order valence-corrected chi connectivity index (χ0v) is 9.39. The first-order valence-corrected chi connectivity index (χ1v) is 5.37. The molecule has 0 spiro atoms. The molecule has 0 aliphatic rings. The number of hydrogen-bond donors (Lipinski definition) is 0. The molecule has 0 aliphatic heterocycles. The van der Waals surface area contributed by atoms with Crippen molar-refractivity contribution in [3.8, 4) is 11.8 Å². The Hall–Kier alpha value is -0.740. The van der Waals surface area contributed by atoms with Crippen molar-refractivity contribution >= 4 is 15.9 Å². The van der Waals surface area contributed by atoms with Crippen LogP contribution in [0.15, 0.2) is 28.7 Å². The second kappa shape index (κ2) is 5.83. The Bertz CT molecular complexity index is 317. The van der Waals surface area contributed by atoms with Crippen LogP contribution in [0, 0.1) is 11.8 Å². The van der Waals surface area contributed by atoms with Crippen molar-refractivity contribution in [3.05, 3.63) is 34.3 Å². The molecule has 0 nitrogen and oxygen atoms in total. The fraction of sp³-hybridized carbons (Fsp3) is 0.333. The van der Waals surface area contributed by atoms with Crippen molar-refractivity contribution in [3.63, 3.8) is 0 Å². The molecule has 68 valence electrons. The van der Waals surface area contributed by atoms with E-state index in [2.05, 4.69) is 34.7 Å². The van der Waals surface area contributed by atoms with Crippen LogP contribution in [0.1, 0.15) is 31.7 Å². The van der Waals surface area contributed by atoms with Gasteiger partial charge in [0.2, 0.25) is 0 Å². The monoisotopic (exact) mass is 236 g/mol. The lowest BCUT2D eigenvalue weighted by atomic mass is 10.2. The van der Waals surface area contributed by atoms with E-state index in [9.17, 15) is 0 Å². The molecule has 0 heterocycles. The third-order valence-corrected chi connectivity index (χ3v) is 2.44. The van der Waals surface area contributed by atoms with Crippen LogP contribution >= 0.6 is 15.9 Å². The van der Waals surface area contributed by atoms with Crippen molar-refractivity contribution in [1.82, 2.24) is 0 Å². The summed E-state index contributed by atoms with van der Waals surface area (Å²) in [5.74, 6) is 6.31. The molecule has 13 heavy (non-hydrogen) atoms. The van der Waals surface area contributed by atoms with Gasteiger partial charge in [0.05, 0.1) is 0 Å². The fourth-order valence-electron chi connectivity index (χ4n) is 0.985. The molecule has 1 aromatic rings. The molecule has 1 heteroatoms. The van der Waals surface area contributed by atoms with Crippen LogP contribution in [0.5, 0.6) is 0 Å². The van der Waals surface area contributed by atoms with Crippen LogP contribution in [-0.4, -0.2) is 0 Å². The Morgan fingerprint density at radius 2 is 2.08 bits per heavy atom. The van der Waals surface area contributed by atoms with Crippen LogP contribution < -0.4 is 0 Å². The van der Waals surface area contributed by atoms with Crippen molar-refractivity contribution < 1.29 is 0 Å². The average molecular weight is 237 g/mol. The fourth-order valence-corrected chi connectivity index (χ4v) is 1.37. The molecule has 0 fully saturated rings. The first kappa shape index (κ1) is 10.3. The maximum absolute atomic E-state index is 3.46. The van der Waals surface area contributed by atoms with Crippen LogP contribution in [0.3, 0.4) is 0 Å². The standard InChI is InChI=1S/C12H13Br/c1-2-3-4-5-8-11-9-6-7-10-12(11)13/h6-7,9-10H,2-4H2,1H3. The molecule has 0 radical (unpaired) electrons. The first-order valence-electron chi connectivity index (χ1n) is 4.58. The number of halogens is 1. The zero-order valence-electron chi connectivity index (χ0n) is 7.81. The van der Waals surface area contributed by atoms with Gasteiger partial charge in [-0.2, -0.15) is 0 Å². The highest BCUT2D eigenvalue weighted by Gasteiger charge is 1.91. The van der Waals surface area contributed by atoms with E-state index in [0.29, 0.717) is 0 Å². The molecular formula is C12H13Br. The number of rotatable bonds is 2. The summed E-state index contributed by atoms with van der Waals surface area (Å²) in [5.41, 5.74) is 1.08. The highest BCUT2D eigenvalue weighted by molar-refractivity contribution is 9.10. The third kappa shape index (κ3) is 3.65. The molecule has 0 aromatic heterocycles. The number of hydrogen-bond acceptors (Lipinski definition) is 0. The number of benzene rings is 1. The molecule has 1 rings (SSSR count).